The van der Waals surface area contributed by atoms with Gasteiger partial charge in [0.05, 0.1) is 0 Å². The summed E-state index contributed by atoms with van der Waals surface area (Å²) in [5.74, 6) is -0.0320. The van der Waals surface area contributed by atoms with Gasteiger partial charge in [0, 0.05) is 38.3 Å². The predicted molar refractivity (Wildman–Crippen MR) is 68.9 cm³/mol. The van der Waals surface area contributed by atoms with Crippen LogP contribution in [0.5, 0.6) is 0 Å². The normalized spacial score (nSPS) is 15.7. The zero-order chi connectivity index (χ0) is 12.3. The summed E-state index contributed by atoms with van der Waals surface area (Å²) in [4.78, 5) is 13.2. The lowest BCUT2D eigenvalue weighted by atomic mass is 10.1. The third-order valence-corrected chi connectivity index (χ3v) is 3.09. The van der Waals surface area contributed by atoms with Crippen LogP contribution in [-0.4, -0.2) is 37.0 Å². The van der Waals surface area contributed by atoms with E-state index < -0.39 is 0 Å². The van der Waals surface area contributed by atoms with E-state index in [0.717, 1.165) is 25.3 Å². The molecular weight excluding hydrogens is 214 g/mol. The molecule has 4 heteroatoms. The lowest BCUT2D eigenvalue weighted by Crippen LogP contribution is -2.55. The van der Waals surface area contributed by atoms with Crippen molar-refractivity contribution in [2.75, 3.05) is 25.5 Å². The van der Waals surface area contributed by atoms with Crippen LogP contribution in [0.15, 0.2) is 24.3 Å². The quantitative estimate of drug-likeness (QED) is 0.817. The number of nitrogens with zero attached hydrogens (tertiary/aromatic N) is 1. The van der Waals surface area contributed by atoms with E-state index in [9.17, 15) is 4.79 Å². The first-order chi connectivity index (χ1) is 8.15. The highest BCUT2D eigenvalue weighted by Gasteiger charge is 2.20. The van der Waals surface area contributed by atoms with Crippen molar-refractivity contribution >= 4 is 11.6 Å². The van der Waals surface area contributed by atoms with Crippen molar-refractivity contribution in [3.8, 4) is 0 Å². The van der Waals surface area contributed by atoms with Crippen LogP contribution in [0, 0.1) is 0 Å². The molecule has 1 amide bonds. The van der Waals surface area contributed by atoms with Crippen molar-refractivity contribution in [3.05, 3.63) is 29.8 Å². The Kier molecular flexibility index (Phi) is 3.76. The monoisotopic (exact) mass is 233 g/mol. The average Bonchev–Trinajstić information content (AvgIpc) is 2.17. The van der Waals surface area contributed by atoms with Crippen LogP contribution in [0.2, 0.25) is 0 Å². The number of rotatable bonds is 4. The van der Waals surface area contributed by atoms with Gasteiger partial charge in [0.1, 0.15) is 0 Å². The van der Waals surface area contributed by atoms with Gasteiger partial charge in [-0.15, -0.1) is 0 Å². The van der Waals surface area contributed by atoms with Crippen LogP contribution in [0.4, 0.5) is 5.69 Å². The largest absolute Gasteiger partial charge is 0.326 e. The van der Waals surface area contributed by atoms with E-state index in [1.807, 2.05) is 12.1 Å². The zero-order valence-corrected chi connectivity index (χ0v) is 10.4. The first-order valence-corrected chi connectivity index (χ1v) is 5.92. The van der Waals surface area contributed by atoms with Crippen LogP contribution in [0.1, 0.15) is 12.5 Å². The second-order valence-electron chi connectivity index (χ2n) is 4.61. The van der Waals surface area contributed by atoms with Gasteiger partial charge < -0.3 is 10.6 Å². The van der Waals surface area contributed by atoms with Crippen LogP contribution in [-0.2, 0) is 11.3 Å². The molecule has 2 N–H and O–H groups in total. The highest BCUT2D eigenvalue weighted by atomic mass is 16.1. The van der Waals surface area contributed by atoms with Crippen molar-refractivity contribution in [3.63, 3.8) is 0 Å². The van der Waals surface area contributed by atoms with E-state index >= 15 is 0 Å². The van der Waals surface area contributed by atoms with E-state index in [-0.39, 0.29) is 5.91 Å². The maximum atomic E-state index is 10.9. The Hall–Kier alpha value is -1.39. The Bertz CT molecular complexity index is 384. The lowest BCUT2D eigenvalue weighted by Gasteiger charge is -2.35. The van der Waals surface area contributed by atoms with Crippen LogP contribution in [0.25, 0.3) is 0 Å². The molecule has 1 fully saturated rings. The molecule has 0 atom stereocenters. The number of carbonyl (C=O) groups is 1. The van der Waals surface area contributed by atoms with Crippen molar-refractivity contribution in [2.24, 2.45) is 0 Å². The Morgan fingerprint density at radius 3 is 2.53 bits per heavy atom. The second-order valence-corrected chi connectivity index (χ2v) is 4.61. The molecule has 2 rings (SSSR count). The van der Waals surface area contributed by atoms with Gasteiger partial charge >= 0.3 is 0 Å². The van der Waals surface area contributed by atoms with Gasteiger partial charge in [0.2, 0.25) is 5.91 Å². The Morgan fingerprint density at radius 2 is 2.06 bits per heavy atom. The van der Waals surface area contributed by atoms with Crippen molar-refractivity contribution in [1.29, 1.82) is 0 Å². The van der Waals surface area contributed by atoms with E-state index in [4.69, 9.17) is 0 Å². The summed E-state index contributed by atoms with van der Waals surface area (Å²) in [6.07, 6.45) is 0. The van der Waals surface area contributed by atoms with Crippen molar-refractivity contribution < 1.29 is 4.79 Å². The molecule has 1 aromatic rings. The number of likely N-dealkylation sites (N-methyl/N-ethyl adjacent to an activating group) is 1. The molecule has 0 saturated carbocycles. The molecule has 4 nitrogen and oxygen atoms in total. The van der Waals surface area contributed by atoms with Gasteiger partial charge in [-0.1, -0.05) is 12.1 Å². The van der Waals surface area contributed by atoms with E-state index in [0.29, 0.717) is 6.04 Å². The molecule has 0 radical (unpaired) electrons. The summed E-state index contributed by atoms with van der Waals surface area (Å²) in [6, 6.07) is 8.68. The maximum absolute atomic E-state index is 10.9. The van der Waals surface area contributed by atoms with Crippen LogP contribution >= 0.6 is 0 Å². The first-order valence-electron chi connectivity index (χ1n) is 5.92. The molecule has 0 aliphatic carbocycles. The smallest absolute Gasteiger partial charge is 0.221 e. The molecule has 1 aliphatic rings. The minimum absolute atomic E-state index is 0.0320. The fourth-order valence-electron chi connectivity index (χ4n) is 1.90. The third kappa shape index (κ3) is 3.28. The Labute approximate surface area is 102 Å². The highest BCUT2D eigenvalue weighted by Crippen LogP contribution is 2.13. The molecular formula is C13H19N3O. The number of hydrogen-bond acceptors (Lipinski definition) is 3. The fraction of sp³-hybridized carbons (Fsp3) is 0.462. The number of anilines is 1. The third-order valence-electron chi connectivity index (χ3n) is 3.09. The van der Waals surface area contributed by atoms with E-state index in [1.165, 1.54) is 12.5 Å². The second kappa shape index (κ2) is 5.29. The standard InChI is InChI=1S/C13H19N3O/c1-10(17)15-12-5-3-11(4-6-12)9-16(2)13-7-14-8-13/h3-6,13-14H,7-9H2,1-2H3,(H,15,17). The zero-order valence-electron chi connectivity index (χ0n) is 10.4. The summed E-state index contributed by atoms with van der Waals surface area (Å²) >= 11 is 0. The van der Waals surface area contributed by atoms with Gasteiger partial charge in [0.25, 0.3) is 0 Å². The molecule has 1 aromatic carbocycles. The predicted octanol–water partition coefficient (Wildman–Crippen LogP) is 1.05. The molecule has 0 unspecified atom stereocenters. The first kappa shape index (κ1) is 12.1. The lowest BCUT2D eigenvalue weighted by molar-refractivity contribution is -0.114. The summed E-state index contributed by atoms with van der Waals surface area (Å²) in [7, 11) is 2.15. The maximum Gasteiger partial charge on any atom is 0.221 e. The summed E-state index contributed by atoms with van der Waals surface area (Å²) < 4.78 is 0. The summed E-state index contributed by atoms with van der Waals surface area (Å²) in [5, 5.41) is 6.04. The van der Waals surface area contributed by atoms with Crippen molar-refractivity contribution in [2.45, 2.75) is 19.5 Å². The Balaban J connectivity index is 1.90. The number of carbonyl (C=O) groups excluding carboxylic acids is 1. The van der Waals surface area contributed by atoms with Crippen LogP contribution < -0.4 is 10.6 Å². The van der Waals surface area contributed by atoms with E-state index in [2.05, 4.69) is 34.7 Å². The van der Waals surface area contributed by atoms with Gasteiger partial charge in [-0.2, -0.15) is 0 Å². The molecule has 1 aliphatic heterocycles. The van der Waals surface area contributed by atoms with Gasteiger partial charge in [-0.3, -0.25) is 9.69 Å². The van der Waals surface area contributed by atoms with Gasteiger partial charge in [-0.05, 0) is 24.7 Å². The van der Waals surface area contributed by atoms with Crippen molar-refractivity contribution in [1.82, 2.24) is 10.2 Å². The molecule has 17 heavy (non-hydrogen) atoms. The molecule has 0 bridgehead atoms. The average molecular weight is 233 g/mol. The van der Waals surface area contributed by atoms with Gasteiger partial charge in [-0.25, -0.2) is 0 Å². The van der Waals surface area contributed by atoms with Crippen LogP contribution in [0.3, 0.4) is 0 Å². The number of nitrogens with one attached hydrogen (secondary N) is 2. The molecule has 92 valence electrons. The number of benzene rings is 1. The topological polar surface area (TPSA) is 44.4 Å². The molecule has 0 aromatic heterocycles. The minimum Gasteiger partial charge on any atom is -0.326 e. The van der Waals surface area contributed by atoms with Gasteiger partial charge in [0.15, 0.2) is 0 Å². The highest BCUT2D eigenvalue weighted by molar-refractivity contribution is 5.88. The summed E-state index contributed by atoms with van der Waals surface area (Å²) in [5.41, 5.74) is 2.13. The Morgan fingerprint density at radius 1 is 1.41 bits per heavy atom. The SMILES string of the molecule is CC(=O)Nc1ccc(CN(C)C2CNC2)cc1. The number of amides is 1. The molecule has 1 heterocycles. The fourth-order valence-corrected chi connectivity index (χ4v) is 1.90. The van der Waals surface area contributed by atoms with E-state index in [1.54, 1.807) is 0 Å². The number of hydrogen-bond donors (Lipinski definition) is 2. The molecule has 0 spiro atoms. The molecule has 1 saturated heterocycles. The summed E-state index contributed by atoms with van der Waals surface area (Å²) in [6.45, 7) is 4.64. The minimum atomic E-state index is -0.0320.